The van der Waals surface area contributed by atoms with Crippen LogP contribution in [0.1, 0.15) is 34.6 Å². The van der Waals surface area contributed by atoms with Gasteiger partial charge < -0.3 is 0 Å². The highest BCUT2D eigenvalue weighted by Gasteiger charge is 2.21. The number of ketones is 2. The fourth-order valence-electron chi connectivity index (χ4n) is 1.45. The molecule has 0 amide bonds. The second-order valence-corrected chi connectivity index (χ2v) is 4.12. The Morgan fingerprint density at radius 2 is 1.67 bits per heavy atom. The molecule has 0 heterocycles. The molecule has 1 aromatic rings. The van der Waals surface area contributed by atoms with Gasteiger partial charge in [0.25, 0.3) is 0 Å². The minimum Gasteiger partial charge on any atom is -0.289 e. The third-order valence-electron chi connectivity index (χ3n) is 2.49. The van der Waals surface area contributed by atoms with E-state index in [2.05, 4.69) is 13.2 Å². The molecule has 0 saturated carbocycles. The van der Waals surface area contributed by atoms with Crippen molar-refractivity contribution in [2.75, 3.05) is 0 Å². The zero-order valence-electron chi connectivity index (χ0n) is 10.7. The van der Waals surface area contributed by atoms with E-state index in [4.69, 9.17) is 0 Å². The number of allylic oxidation sites excluding steroid dienone is 4. The van der Waals surface area contributed by atoms with Crippen LogP contribution >= 0.6 is 0 Å². The summed E-state index contributed by atoms with van der Waals surface area (Å²) >= 11 is 0. The smallest absolute Gasteiger partial charge is 0.189 e. The fraction of sp³-hybridized carbons (Fsp3) is 0.125. The van der Waals surface area contributed by atoms with Gasteiger partial charge in [-0.3, -0.25) is 9.59 Å². The first-order valence-corrected chi connectivity index (χ1v) is 5.61. The molecular formula is C16H16O2. The van der Waals surface area contributed by atoms with E-state index < -0.39 is 0 Å². The molecule has 0 aliphatic heterocycles. The molecule has 2 heteroatoms. The lowest BCUT2D eigenvalue weighted by atomic mass is 9.90. The van der Waals surface area contributed by atoms with Crippen molar-refractivity contribution in [3.63, 3.8) is 0 Å². The molecule has 0 unspecified atom stereocenters. The predicted molar refractivity (Wildman–Crippen MR) is 73.9 cm³/mol. The summed E-state index contributed by atoms with van der Waals surface area (Å²) in [7, 11) is 0. The Balaban J connectivity index is 0.000000280. The van der Waals surface area contributed by atoms with Gasteiger partial charge in [0, 0.05) is 16.7 Å². The quantitative estimate of drug-likeness (QED) is 0.700. The Kier molecular flexibility index (Phi) is 4.55. The highest BCUT2D eigenvalue weighted by atomic mass is 16.1. The molecule has 2 nitrogen and oxygen atoms in total. The van der Waals surface area contributed by atoms with Gasteiger partial charge in [-0.15, -0.1) is 0 Å². The molecule has 0 saturated heterocycles. The average Bonchev–Trinajstić information content (AvgIpc) is 2.37. The minimum atomic E-state index is -0.0762. The van der Waals surface area contributed by atoms with Gasteiger partial charge in [0.05, 0.1) is 0 Å². The van der Waals surface area contributed by atoms with Crippen molar-refractivity contribution < 1.29 is 9.59 Å². The Morgan fingerprint density at radius 1 is 1.17 bits per heavy atom. The van der Waals surface area contributed by atoms with Crippen molar-refractivity contribution in [3.8, 4) is 0 Å². The third kappa shape index (κ3) is 3.14. The second kappa shape index (κ2) is 5.92. The van der Waals surface area contributed by atoms with E-state index in [0.29, 0.717) is 16.7 Å². The van der Waals surface area contributed by atoms with E-state index in [0.717, 1.165) is 5.57 Å². The Morgan fingerprint density at radius 3 is 2.17 bits per heavy atom. The van der Waals surface area contributed by atoms with Crippen LogP contribution < -0.4 is 0 Å². The first kappa shape index (κ1) is 13.8. The summed E-state index contributed by atoms with van der Waals surface area (Å²) in [6.07, 6.45) is 3.12. The van der Waals surface area contributed by atoms with Gasteiger partial charge >= 0.3 is 0 Å². The second-order valence-electron chi connectivity index (χ2n) is 4.12. The van der Waals surface area contributed by atoms with Gasteiger partial charge in [0.1, 0.15) is 0 Å². The largest absolute Gasteiger partial charge is 0.289 e. The molecule has 0 fully saturated rings. The standard InChI is InChI=1S/C11H8O2.C5H8/c1-7-6-10(12)8-4-2-3-5-9(8)11(7)13;1-4-5(2)3/h2-6H,1H3;4H,1-2H2,3H3. The number of carbonyl (C=O) groups is 2. The summed E-state index contributed by atoms with van der Waals surface area (Å²) in [4.78, 5) is 23.0. The number of hydrogen-bond acceptors (Lipinski definition) is 2. The van der Waals surface area contributed by atoms with Crippen molar-refractivity contribution in [2.45, 2.75) is 13.8 Å². The highest BCUT2D eigenvalue weighted by Crippen LogP contribution is 2.20. The molecule has 1 aliphatic carbocycles. The van der Waals surface area contributed by atoms with Gasteiger partial charge in [0.15, 0.2) is 11.6 Å². The maximum absolute atomic E-state index is 11.5. The van der Waals surface area contributed by atoms with E-state index in [9.17, 15) is 9.59 Å². The van der Waals surface area contributed by atoms with E-state index in [1.165, 1.54) is 6.08 Å². The monoisotopic (exact) mass is 240 g/mol. The van der Waals surface area contributed by atoms with Crippen molar-refractivity contribution >= 4 is 11.6 Å². The number of rotatable bonds is 1. The van der Waals surface area contributed by atoms with Crippen LogP contribution in [0.3, 0.4) is 0 Å². The lowest BCUT2D eigenvalue weighted by Gasteiger charge is -2.11. The zero-order chi connectivity index (χ0) is 13.7. The lowest BCUT2D eigenvalue weighted by Crippen LogP contribution is -2.14. The maximum Gasteiger partial charge on any atom is 0.189 e. The van der Waals surface area contributed by atoms with Crippen molar-refractivity contribution in [1.29, 1.82) is 0 Å². The Hall–Kier alpha value is -2.22. The number of fused-ring (bicyclic) bond motifs is 1. The number of hydrogen-bond donors (Lipinski definition) is 0. The Labute approximate surface area is 107 Å². The van der Waals surface area contributed by atoms with Crippen LogP contribution in [0.25, 0.3) is 0 Å². The maximum atomic E-state index is 11.5. The zero-order valence-corrected chi connectivity index (χ0v) is 10.7. The number of benzene rings is 1. The summed E-state index contributed by atoms with van der Waals surface area (Å²) in [5.41, 5.74) is 2.57. The van der Waals surface area contributed by atoms with Crippen LogP contribution in [0.5, 0.6) is 0 Å². The van der Waals surface area contributed by atoms with Gasteiger partial charge in [-0.25, -0.2) is 0 Å². The fourth-order valence-corrected chi connectivity index (χ4v) is 1.45. The molecular weight excluding hydrogens is 224 g/mol. The van der Waals surface area contributed by atoms with Gasteiger partial charge in [0.2, 0.25) is 0 Å². The number of carbonyl (C=O) groups excluding carboxylic acids is 2. The summed E-state index contributed by atoms with van der Waals surface area (Å²) in [5.74, 6) is -0.122. The molecule has 0 atom stereocenters. The van der Waals surface area contributed by atoms with E-state index in [1.54, 1.807) is 37.3 Å². The normalized spacial score (nSPS) is 12.9. The molecule has 92 valence electrons. The summed E-state index contributed by atoms with van der Waals surface area (Å²) in [6.45, 7) is 10.6. The summed E-state index contributed by atoms with van der Waals surface area (Å²) in [6, 6.07) is 6.89. The topological polar surface area (TPSA) is 34.1 Å². The van der Waals surface area contributed by atoms with Crippen molar-refractivity contribution in [1.82, 2.24) is 0 Å². The number of Topliss-reactive ketones (excluding diaryl/α,β-unsaturated/α-hetero) is 1. The summed E-state index contributed by atoms with van der Waals surface area (Å²) in [5, 5.41) is 0. The van der Waals surface area contributed by atoms with Crippen molar-refractivity contribution in [2.24, 2.45) is 0 Å². The van der Waals surface area contributed by atoms with Crippen LogP contribution in [0.4, 0.5) is 0 Å². The lowest BCUT2D eigenvalue weighted by molar-refractivity contribution is 0.0984. The minimum absolute atomic E-state index is 0.0461. The van der Waals surface area contributed by atoms with E-state index in [-0.39, 0.29) is 11.6 Å². The van der Waals surface area contributed by atoms with Gasteiger partial charge in [-0.2, -0.15) is 0 Å². The molecule has 0 bridgehead atoms. The molecule has 0 radical (unpaired) electrons. The van der Waals surface area contributed by atoms with E-state index >= 15 is 0 Å². The molecule has 0 N–H and O–H groups in total. The highest BCUT2D eigenvalue weighted by molar-refractivity contribution is 6.24. The third-order valence-corrected chi connectivity index (χ3v) is 2.49. The molecule has 0 aromatic heterocycles. The molecule has 18 heavy (non-hydrogen) atoms. The first-order valence-electron chi connectivity index (χ1n) is 5.61. The molecule has 1 aromatic carbocycles. The first-order chi connectivity index (χ1) is 8.47. The van der Waals surface area contributed by atoms with E-state index in [1.807, 2.05) is 6.92 Å². The average molecular weight is 240 g/mol. The van der Waals surface area contributed by atoms with Crippen LogP contribution in [-0.2, 0) is 0 Å². The van der Waals surface area contributed by atoms with Crippen LogP contribution in [0.2, 0.25) is 0 Å². The SMILES string of the molecule is C=CC(=C)C.CC1=CC(=O)c2ccccc2C1=O. The Bertz CT molecular complexity index is 548. The molecule has 0 spiro atoms. The van der Waals surface area contributed by atoms with Gasteiger partial charge in [-0.1, -0.05) is 49.1 Å². The molecule has 2 rings (SSSR count). The van der Waals surface area contributed by atoms with Crippen LogP contribution in [0.15, 0.2) is 60.7 Å². The van der Waals surface area contributed by atoms with Gasteiger partial charge in [-0.05, 0) is 19.9 Å². The van der Waals surface area contributed by atoms with Crippen LogP contribution in [-0.4, -0.2) is 11.6 Å². The summed E-state index contributed by atoms with van der Waals surface area (Å²) < 4.78 is 0. The van der Waals surface area contributed by atoms with Crippen molar-refractivity contribution in [3.05, 3.63) is 71.8 Å². The van der Waals surface area contributed by atoms with Crippen LogP contribution in [0, 0.1) is 0 Å². The molecule has 1 aliphatic rings. The predicted octanol–water partition coefficient (Wildman–Crippen LogP) is 3.76.